The fourth-order valence-corrected chi connectivity index (χ4v) is 0.303. The van der Waals surface area contributed by atoms with E-state index >= 15 is 0 Å². The second-order valence-electron chi connectivity index (χ2n) is 1.23. The number of hydrogen-bond donors (Lipinski definition) is 3. The molecule has 0 fully saturated rings. The van der Waals surface area contributed by atoms with Crippen molar-refractivity contribution in [1.82, 2.24) is 16.2 Å². The average Bonchev–Trinajstić information content (AvgIpc) is 1.83. The minimum atomic E-state index is 0.617. The SMILES string of the molecule is CCNNC(=S)NC. The minimum Gasteiger partial charge on any atom is -0.365 e. The van der Waals surface area contributed by atoms with E-state index in [9.17, 15) is 0 Å². The Kier molecular flexibility index (Phi) is 4.59. The van der Waals surface area contributed by atoms with E-state index in [1.165, 1.54) is 0 Å². The van der Waals surface area contributed by atoms with Crippen molar-refractivity contribution in [3.05, 3.63) is 0 Å². The molecular weight excluding hydrogens is 122 g/mol. The van der Waals surface area contributed by atoms with E-state index in [2.05, 4.69) is 16.2 Å². The van der Waals surface area contributed by atoms with Crippen molar-refractivity contribution in [1.29, 1.82) is 0 Å². The summed E-state index contributed by atoms with van der Waals surface area (Å²) >= 11 is 4.74. The maximum Gasteiger partial charge on any atom is 0.180 e. The molecule has 0 amide bonds. The lowest BCUT2D eigenvalue weighted by atomic mass is 10.8. The maximum atomic E-state index is 4.74. The second kappa shape index (κ2) is 4.80. The molecule has 8 heavy (non-hydrogen) atoms. The normalized spacial score (nSPS) is 8.25. The number of hydrogen-bond acceptors (Lipinski definition) is 2. The van der Waals surface area contributed by atoms with Crippen LogP contribution < -0.4 is 16.2 Å². The zero-order chi connectivity index (χ0) is 6.41. The zero-order valence-corrected chi connectivity index (χ0v) is 5.93. The fraction of sp³-hybridized carbons (Fsp3) is 0.750. The molecule has 0 aliphatic rings. The van der Waals surface area contributed by atoms with E-state index in [1.807, 2.05) is 6.92 Å². The van der Waals surface area contributed by atoms with Gasteiger partial charge in [-0.05, 0) is 12.2 Å². The van der Waals surface area contributed by atoms with Crippen molar-refractivity contribution >= 4 is 17.3 Å². The van der Waals surface area contributed by atoms with Crippen LogP contribution in [0.3, 0.4) is 0 Å². The Morgan fingerprint density at radius 3 is 2.62 bits per heavy atom. The van der Waals surface area contributed by atoms with Crippen molar-refractivity contribution in [3.8, 4) is 0 Å². The Hall–Kier alpha value is -0.350. The number of hydrazine groups is 1. The van der Waals surface area contributed by atoms with Crippen molar-refractivity contribution < 1.29 is 0 Å². The topological polar surface area (TPSA) is 36.1 Å². The Morgan fingerprint density at radius 2 is 2.25 bits per heavy atom. The molecule has 48 valence electrons. The van der Waals surface area contributed by atoms with Gasteiger partial charge in [0.2, 0.25) is 0 Å². The van der Waals surface area contributed by atoms with Crippen LogP contribution in [0.25, 0.3) is 0 Å². The van der Waals surface area contributed by atoms with Crippen molar-refractivity contribution in [2.45, 2.75) is 6.92 Å². The third-order valence-electron chi connectivity index (χ3n) is 0.606. The van der Waals surface area contributed by atoms with Gasteiger partial charge in [0.15, 0.2) is 5.11 Å². The lowest BCUT2D eigenvalue weighted by Gasteiger charge is -2.04. The van der Waals surface area contributed by atoms with Crippen molar-refractivity contribution in [3.63, 3.8) is 0 Å². The summed E-state index contributed by atoms with van der Waals surface area (Å²) in [6.07, 6.45) is 0. The standard InChI is InChI=1S/C4H11N3S/c1-3-6-7-4(8)5-2/h6H,3H2,1-2H3,(H2,5,7,8). The molecule has 0 aromatic carbocycles. The van der Waals surface area contributed by atoms with Gasteiger partial charge < -0.3 is 5.32 Å². The predicted octanol–water partition coefficient (Wildman–Crippen LogP) is -0.395. The van der Waals surface area contributed by atoms with Gasteiger partial charge in [-0.1, -0.05) is 6.92 Å². The molecule has 0 heterocycles. The molecule has 3 N–H and O–H groups in total. The fourth-order valence-electron chi connectivity index (χ4n) is 0.231. The first-order valence-electron chi connectivity index (χ1n) is 2.51. The Labute approximate surface area is 54.8 Å². The molecule has 0 saturated heterocycles. The summed E-state index contributed by atoms with van der Waals surface area (Å²) in [6, 6.07) is 0. The second-order valence-corrected chi connectivity index (χ2v) is 1.64. The van der Waals surface area contributed by atoms with Crippen LogP contribution in [-0.4, -0.2) is 18.7 Å². The number of rotatable bonds is 2. The molecule has 0 aliphatic carbocycles. The van der Waals surface area contributed by atoms with E-state index in [-0.39, 0.29) is 0 Å². The molecule has 3 nitrogen and oxygen atoms in total. The summed E-state index contributed by atoms with van der Waals surface area (Å²) in [4.78, 5) is 0. The molecule has 0 rings (SSSR count). The Bertz CT molecular complexity index is 73.7. The zero-order valence-electron chi connectivity index (χ0n) is 5.12. The maximum absolute atomic E-state index is 4.74. The summed E-state index contributed by atoms with van der Waals surface area (Å²) in [5.41, 5.74) is 5.60. The molecular formula is C4H11N3S. The van der Waals surface area contributed by atoms with Gasteiger partial charge in [0, 0.05) is 13.6 Å². The molecule has 0 unspecified atom stereocenters. The van der Waals surface area contributed by atoms with Gasteiger partial charge >= 0.3 is 0 Å². The third-order valence-corrected chi connectivity index (χ3v) is 0.912. The van der Waals surface area contributed by atoms with E-state index in [1.54, 1.807) is 7.05 Å². The van der Waals surface area contributed by atoms with E-state index in [0.29, 0.717) is 5.11 Å². The lowest BCUT2D eigenvalue weighted by molar-refractivity contribution is 0.678. The molecule has 4 heteroatoms. The first kappa shape index (κ1) is 7.65. The molecule has 0 saturated carbocycles. The first-order valence-corrected chi connectivity index (χ1v) is 2.92. The van der Waals surface area contributed by atoms with Crippen molar-refractivity contribution in [2.24, 2.45) is 0 Å². The highest BCUT2D eigenvalue weighted by atomic mass is 32.1. The van der Waals surface area contributed by atoms with E-state index in [4.69, 9.17) is 12.2 Å². The average molecular weight is 133 g/mol. The molecule has 0 bridgehead atoms. The van der Waals surface area contributed by atoms with Crippen LogP contribution in [0.15, 0.2) is 0 Å². The molecule has 0 radical (unpaired) electrons. The largest absolute Gasteiger partial charge is 0.365 e. The molecule has 0 aromatic heterocycles. The van der Waals surface area contributed by atoms with Gasteiger partial charge in [-0.3, -0.25) is 5.43 Å². The molecule has 0 aromatic rings. The minimum absolute atomic E-state index is 0.617. The van der Waals surface area contributed by atoms with Crippen LogP contribution in [-0.2, 0) is 0 Å². The number of thiocarbonyl (C=S) groups is 1. The third kappa shape index (κ3) is 3.83. The summed E-state index contributed by atoms with van der Waals surface area (Å²) < 4.78 is 0. The monoisotopic (exact) mass is 133 g/mol. The van der Waals surface area contributed by atoms with E-state index in [0.717, 1.165) is 6.54 Å². The van der Waals surface area contributed by atoms with E-state index < -0.39 is 0 Å². The highest BCUT2D eigenvalue weighted by Gasteiger charge is 1.82. The highest BCUT2D eigenvalue weighted by molar-refractivity contribution is 7.80. The van der Waals surface area contributed by atoms with Crippen molar-refractivity contribution in [2.75, 3.05) is 13.6 Å². The quantitative estimate of drug-likeness (QED) is 0.354. The van der Waals surface area contributed by atoms with Crippen LogP contribution in [0.2, 0.25) is 0 Å². The van der Waals surface area contributed by atoms with Gasteiger partial charge in [-0.25, -0.2) is 5.43 Å². The van der Waals surface area contributed by atoms with Gasteiger partial charge in [-0.15, -0.1) is 0 Å². The molecule has 0 atom stereocenters. The summed E-state index contributed by atoms with van der Waals surface area (Å²) in [6.45, 7) is 2.85. The van der Waals surface area contributed by atoms with Gasteiger partial charge in [-0.2, -0.15) is 0 Å². The lowest BCUT2D eigenvalue weighted by Crippen LogP contribution is -2.42. The summed E-state index contributed by atoms with van der Waals surface area (Å²) in [5.74, 6) is 0. The van der Waals surface area contributed by atoms with Crippen LogP contribution in [0, 0.1) is 0 Å². The highest BCUT2D eigenvalue weighted by Crippen LogP contribution is 1.55. The number of nitrogens with one attached hydrogen (secondary N) is 3. The Balaban J connectivity index is 2.99. The summed E-state index contributed by atoms with van der Waals surface area (Å²) in [5, 5.41) is 3.38. The predicted molar refractivity (Wildman–Crippen MR) is 38.5 cm³/mol. The molecule has 0 aliphatic heterocycles. The van der Waals surface area contributed by atoms with Gasteiger partial charge in [0.25, 0.3) is 0 Å². The van der Waals surface area contributed by atoms with Crippen LogP contribution in [0.4, 0.5) is 0 Å². The Morgan fingerprint density at radius 1 is 1.62 bits per heavy atom. The van der Waals surface area contributed by atoms with Crippen LogP contribution in [0.5, 0.6) is 0 Å². The van der Waals surface area contributed by atoms with Gasteiger partial charge in [0.05, 0.1) is 0 Å². The van der Waals surface area contributed by atoms with Gasteiger partial charge in [0.1, 0.15) is 0 Å². The van der Waals surface area contributed by atoms with Crippen LogP contribution >= 0.6 is 12.2 Å². The summed E-state index contributed by atoms with van der Waals surface area (Å²) in [7, 11) is 1.77. The van der Waals surface area contributed by atoms with Crippen LogP contribution in [0.1, 0.15) is 6.92 Å². The first-order chi connectivity index (χ1) is 3.81. The smallest absolute Gasteiger partial charge is 0.180 e. The molecule has 0 spiro atoms.